The molecule has 1 fully saturated rings. The van der Waals surface area contributed by atoms with Gasteiger partial charge in [-0.3, -0.25) is 9.09 Å². The van der Waals surface area contributed by atoms with Crippen LogP contribution in [-0.2, 0) is 20.2 Å². The Hall–Kier alpha value is -1.72. The largest absolute Gasteiger partial charge is 0.437 e. The molecule has 4 rings (SSSR count). The van der Waals surface area contributed by atoms with Gasteiger partial charge in [0.05, 0.1) is 25.0 Å². The van der Waals surface area contributed by atoms with Gasteiger partial charge in [-0.15, -0.1) is 0 Å². The standard InChI is InChI=1S/C20H26F3N6O6PS2/c1-37-7-2-3-12-14-17(27-19(26-12)38-8-4-20(21,22)23)29(11-25-14)18-16(31)15(30)13(35-18)9-34-36(32,33)28-6-5-24-10-28/h5-6,10-11,13,15-16,18,30-31H,2-4,7-9H2,1H3,(H,32,33)/t13-,15-,16-,18-/m1/s1. The van der Waals surface area contributed by atoms with Crippen LogP contribution < -0.4 is 0 Å². The van der Waals surface area contributed by atoms with Crippen molar-refractivity contribution in [2.45, 2.75) is 55.1 Å². The molecule has 1 aliphatic heterocycles. The number of imidazole rings is 2. The van der Waals surface area contributed by atoms with Gasteiger partial charge < -0.3 is 19.8 Å². The second-order valence-corrected chi connectivity index (χ2v) is 12.1. The first-order chi connectivity index (χ1) is 18.0. The number of fused-ring (bicyclic) bond motifs is 1. The summed E-state index contributed by atoms with van der Waals surface area (Å²) >= 11 is 2.50. The summed E-state index contributed by atoms with van der Waals surface area (Å²) in [4.78, 5) is 26.9. The number of aliphatic hydroxyl groups is 2. The van der Waals surface area contributed by atoms with Gasteiger partial charge in [0.15, 0.2) is 17.0 Å². The lowest BCUT2D eigenvalue weighted by Gasteiger charge is -2.18. The molecule has 1 saturated heterocycles. The predicted octanol–water partition coefficient (Wildman–Crippen LogP) is 2.65. The molecule has 3 aromatic heterocycles. The van der Waals surface area contributed by atoms with E-state index in [1.807, 2.05) is 6.26 Å². The van der Waals surface area contributed by atoms with Crippen LogP contribution in [0.5, 0.6) is 0 Å². The summed E-state index contributed by atoms with van der Waals surface area (Å²) in [5.41, 5.74) is 1.17. The highest BCUT2D eigenvalue weighted by molar-refractivity contribution is 7.99. The number of ether oxygens (including phenoxy) is 1. The van der Waals surface area contributed by atoms with Crippen LogP contribution >= 0.6 is 31.3 Å². The van der Waals surface area contributed by atoms with Crippen molar-refractivity contribution >= 4 is 42.4 Å². The molecule has 18 heteroatoms. The van der Waals surface area contributed by atoms with Gasteiger partial charge in [-0.2, -0.15) is 24.9 Å². The lowest BCUT2D eigenvalue weighted by Crippen LogP contribution is -2.33. The van der Waals surface area contributed by atoms with E-state index in [4.69, 9.17) is 9.26 Å². The van der Waals surface area contributed by atoms with Gasteiger partial charge in [-0.05, 0) is 24.9 Å². The number of aliphatic hydroxyl groups excluding tert-OH is 2. The van der Waals surface area contributed by atoms with Crippen molar-refractivity contribution in [2.24, 2.45) is 0 Å². The summed E-state index contributed by atoms with van der Waals surface area (Å²) in [5.74, 6) is 0.571. The lowest BCUT2D eigenvalue weighted by atomic mass is 10.1. The Labute approximate surface area is 223 Å². The van der Waals surface area contributed by atoms with Crippen molar-refractivity contribution in [1.29, 1.82) is 0 Å². The molecular formula is C20H26F3N6O6PS2. The molecule has 0 bridgehead atoms. The van der Waals surface area contributed by atoms with Crippen LogP contribution in [0, 0.1) is 0 Å². The Morgan fingerprint density at radius 3 is 2.68 bits per heavy atom. The fourth-order valence-electron chi connectivity index (χ4n) is 3.76. The maximum Gasteiger partial charge on any atom is 0.437 e. The molecule has 4 heterocycles. The second-order valence-electron chi connectivity index (χ2n) is 8.36. The number of alkyl halides is 3. The van der Waals surface area contributed by atoms with E-state index in [0.717, 1.165) is 34.6 Å². The molecule has 3 aromatic rings. The molecule has 38 heavy (non-hydrogen) atoms. The normalized spacial score (nSPS) is 23.8. The molecule has 0 aliphatic carbocycles. The van der Waals surface area contributed by atoms with E-state index in [1.165, 1.54) is 23.3 Å². The van der Waals surface area contributed by atoms with Crippen LogP contribution in [-0.4, -0.2) is 92.8 Å². The van der Waals surface area contributed by atoms with Crippen molar-refractivity contribution in [2.75, 3.05) is 24.4 Å². The number of rotatable bonds is 12. The van der Waals surface area contributed by atoms with Gasteiger partial charge in [0.1, 0.15) is 30.2 Å². The van der Waals surface area contributed by atoms with Crippen LogP contribution in [0.25, 0.3) is 11.2 Å². The molecule has 0 spiro atoms. The molecule has 0 aromatic carbocycles. The summed E-state index contributed by atoms with van der Waals surface area (Å²) < 4.78 is 63.5. The number of aromatic nitrogens is 6. The third-order valence-electron chi connectivity index (χ3n) is 5.65. The van der Waals surface area contributed by atoms with E-state index < -0.39 is 51.5 Å². The number of thioether (sulfide) groups is 2. The number of aryl methyl sites for hydroxylation is 1. The highest BCUT2D eigenvalue weighted by Gasteiger charge is 2.45. The van der Waals surface area contributed by atoms with Gasteiger partial charge in [-0.1, -0.05) is 11.8 Å². The van der Waals surface area contributed by atoms with Crippen LogP contribution in [0.2, 0.25) is 0 Å². The minimum atomic E-state index is -4.31. The molecule has 1 unspecified atom stereocenters. The van der Waals surface area contributed by atoms with Gasteiger partial charge >= 0.3 is 13.9 Å². The zero-order valence-electron chi connectivity index (χ0n) is 20.0. The average molecular weight is 599 g/mol. The second kappa shape index (κ2) is 12.2. The Morgan fingerprint density at radius 2 is 2.00 bits per heavy atom. The number of hydrogen-bond donors (Lipinski definition) is 3. The molecule has 12 nitrogen and oxygen atoms in total. The van der Waals surface area contributed by atoms with Crippen molar-refractivity contribution in [3.63, 3.8) is 0 Å². The number of nitrogens with zero attached hydrogens (tertiary/aromatic N) is 6. The van der Waals surface area contributed by atoms with E-state index in [-0.39, 0.29) is 16.6 Å². The zero-order valence-corrected chi connectivity index (χ0v) is 22.5. The van der Waals surface area contributed by atoms with E-state index in [0.29, 0.717) is 17.6 Å². The molecule has 3 N–H and O–H groups in total. The Kier molecular flexibility index (Phi) is 9.40. The third-order valence-corrected chi connectivity index (χ3v) is 8.50. The summed E-state index contributed by atoms with van der Waals surface area (Å²) in [7, 11) is -4.31. The van der Waals surface area contributed by atoms with Gasteiger partial charge in [-0.25, -0.2) is 28.8 Å². The minimum absolute atomic E-state index is 0.122. The zero-order chi connectivity index (χ0) is 27.5. The lowest BCUT2D eigenvalue weighted by molar-refractivity contribution is -0.129. The maximum absolute atomic E-state index is 12.7. The van der Waals surface area contributed by atoms with E-state index in [2.05, 4.69) is 19.9 Å². The summed E-state index contributed by atoms with van der Waals surface area (Å²) in [6.07, 6.45) is -2.47. The summed E-state index contributed by atoms with van der Waals surface area (Å²) in [5, 5.41) is 21.4. The molecule has 0 saturated carbocycles. The van der Waals surface area contributed by atoms with E-state index in [1.54, 1.807) is 11.8 Å². The van der Waals surface area contributed by atoms with Crippen LogP contribution in [0.1, 0.15) is 24.8 Å². The van der Waals surface area contributed by atoms with Crippen LogP contribution in [0.4, 0.5) is 13.2 Å². The quantitative estimate of drug-likeness (QED) is 0.121. The van der Waals surface area contributed by atoms with Crippen molar-refractivity contribution in [3.05, 3.63) is 30.7 Å². The SMILES string of the molecule is CSCCCc1nc(SCCC(F)(F)F)nc2c1ncn2[C@@H]1O[C@H](COP(=O)(O)n2ccnc2)[C@@H](O)[C@H]1O. The van der Waals surface area contributed by atoms with Crippen molar-refractivity contribution < 1.29 is 42.1 Å². The Bertz CT molecular complexity index is 1270. The number of halogens is 3. The first-order valence-electron chi connectivity index (χ1n) is 11.4. The fourth-order valence-corrected chi connectivity index (χ4v) is 5.92. The predicted molar refractivity (Wildman–Crippen MR) is 133 cm³/mol. The third kappa shape index (κ3) is 6.88. The average Bonchev–Trinajstić information content (AvgIpc) is 3.59. The van der Waals surface area contributed by atoms with Gasteiger partial charge in [0.2, 0.25) is 0 Å². The highest BCUT2D eigenvalue weighted by atomic mass is 32.2. The monoisotopic (exact) mass is 598 g/mol. The first kappa shape index (κ1) is 29.3. The van der Waals surface area contributed by atoms with E-state index >= 15 is 0 Å². The molecule has 210 valence electrons. The van der Waals surface area contributed by atoms with E-state index in [9.17, 15) is 32.8 Å². The van der Waals surface area contributed by atoms with Crippen LogP contribution in [0.15, 0.2) is 30.2 Å². The molecule has 0 radical (unpaired) electrons. The van der Waals surface area contributed by atoms with Gasteiger partial charge in [0, 0.05) is 18.1 Å². The molecule has 5 atom stereocenters. The van der Waals surface area contributed by atoms with Crippen LogP contribution in [0.3, 0.4) is 0 Å². The number of hydrogen-bond acceptors (Lipinski definition) is 11. The highest BCUT2D eigenvalue weighted by Crippen LogP contribution is 2.44. The first-order valence-corrected chi connectivity index (χ1v) is 15.3. The maximum atomic E-state index is 12.7. The molecular weight excluding hydrogens is 572 g/mol. The summed E-state index contributed by atoms with van der Waals surface area (Å²) in [6, 6.07) is 0. The smallest absolute Gasteiger partial charge is 0.387 e. The molecule has 0 amide bonds. The van der Waals surface area contributed by atoms with Gasteiger partial charge in [0.25, 0.3) is 0 Å². The van der Waals surface area contributed by atoms with Crippen molar-refractivity contribution in [1.82, 2.24) is 28.8 Å². The topological polar surface area (TPSA) is 158 Å². The fraction of sp³-hybridized carbons (Fsp3) is 0.600. The van der Waals surface area contributed by atoms with Crippen molar-refractivity contribution in [3.8, 4) is 0 Å². The Balaban J connectivity index is 1.56. The minimum Gasteiger partial charge on any atom is -0.387 e. The molecule has 1 aliphatic rings. The Morgan fingerprint density at radius 1 is 1.21 bits per heavy atom. The summed E-state index contributed by atoms with van der Waals surface area (Å²) in [6.45, 7) is -0.527.